The predicted molar refractivity (Wildman–Crippen MR) is 90.1 cm³/mol. The summed E-state index contributed by atoms with van der Waals surface area (Å²) >= 11 is 0. The summed E-state index contributed by atoms with van der Waals surface area (Å²) < 4.78 is 11.1. The first-order chi connectivity index (χ1) is 10.8. The molecule has 0 saturated heterocycles. The maximum Gasteiger partial charge on any atom is 0.191 e. The number of furan rings is 1. The second-order valence-electron chi connectivity index (χ2n) is 5.01. The maximum absolute atomic E-state index is 5.77. The Hall–Kier alpha value is -2.01. The molecule has 0 radical (unpaired) electrons. The summed E-state index contributed by atoms with van der Waals surface area (Å²) in [7, 11) is 1.77. The zero-order valence-corrected chi connectivity index (χ0v) is 13.4. The molecular formula is C17H25N3O2. The SMILES string of the molecule is CCOCCCCNC(=NC)NCc1cc2ccccc2o1. The van der Waals surface area contributed by atoms with E-state index in [9.17, 15) is 0 Å². The van der Waals surface area contributed by atoms with E-state index in [1.54, 1.807) is 7.05 Å². The van der Waals surface area contributed by atoms with E-state index in [-0.39, 0.29) is 0 Å². The highest BCUT2D eigenvalue weighted by Gasteiger charge is 2.04. The summed E-state index contributed by atoms with van der Waals surface area (Å²) in [6.07, 6.45) is 2.12. The molecule has 0 unspecified atom stereocenters. The third-order valence-corrected chi connectivity index (χ3v) is 3.34. The van der Waals surface area contributed by atoms with Crippen molar-refractivity contribution in [3.8, 4) is 0 Å². The number of aliphatic imine (C=N–C) groups is 1. The molecule has 0 bridgehead atoms. The van der Waals surface area contributed by atoms with Gasteiger partial charge in [-0.1, -0.05) is 18.2 Å². The van der Waals surface area contributed by atoms with Crippen LogP contribution in [0.3, 0.4) is 0 Å². The normalized spacial score (nSPS) is 11.8. The summed E-state index contributed by atoms with van der Waals surface area (Å²) in [6, 6.07) is 10.1. The van der Waals surface area contributed by atoms with Crippen LogP contribution < -0.4 is 10.6 Å². The summed E-state index contributed by atoms with van der Waals surface area (Å²) in [5, 5.41) is 7.68. The highest BCUT2D eigenvalue weighted by molar-refractivity contribution is 5.80. The van der Waals surface area contributed by atoms with Crippen LogP contribution in [0, 0.1) is 0 Å². The zero-order chi connectivity index (χ0) is 15.6. The van der Waals surface area contributed by atoms with E-state index >= 15 is 0 Å². The molecule has 0 aliphatic carbocycles. The number of hydrogen-bond donors (Lipinski definition) is 2. The van der Waals surface area contributed by atoms with Gasteiger partial charge in [-0.05, 0) is 31.9 Å². The molecule has 5 nitrogen and oxygen atoms in total. The predicted octanol–water partition coefficient (Wildman–Crippen LogP) is 2.91. The minimum atomic E-state index is 0.618. The van der Waals surface area contributed by atoms with Crippen molar-refractivity contribution in [2.24, 2.45) is 4.99 Å². The van der Waals surface area contributed by atoms with Crippen molar-refractivity contribution in [1.82, 2.24) is 10.6 Å². The average molecular weight is 303 g/mol. The van der Waals surface area contributed by atoms with Crippen LogP contribution in [0.4, 0.5) is 0 Å². The maximum atomic E-state index is 5.77. The third kappa shape index (κ3) is 5.07. The van der Waals surface area contributed by atoms with Crippen molar-refractivity contribution < 1.29 is 9.15 Å². The smallest absolute Gasteiger partial charge is 0.191 e. The average Bonchev–Trinajstić information content (AvgIpc) is 2.96. The quantitative estimate of drug-likeness (QED) is 0.447. The van der Waals surface area contributed by atoms with Crippen LogP contribution in [0.2, 0.25) is 0 Å². The lowest BCUT2D eigenvalue weighted by Gasteiger charge is -2.10. The minimum absolute atomic E-state index is 0.618. The van der Waals surface area contributed by atoms with Gasteiger partial charge in [0, 0.05) is 32.2 Å². The van der Waals surface area contributed by atoms with Crippen molar-refractivity contribution in [3.63, 3.8) is 0 Å². The Morgan fingerprint density at radius 3 is 2.86 bits per heavy atom. The molecule has 22 heavy (non-hydrogen) atoms. The Kier molecular flexibility index (Phi) is 6.77. The van der Waals surface area contributed by atoms with Gasteiger partial charge in [-0.2, -0.15) is 0 Å². The molecule has 2 N–H and O–H groups in total. The van der Waals surface area contributed by atoms with Crippen LogP contribution in [0.5, 0.6) is 0 Å². The number of fused-ring (bicyclic) bond motifs is 1. The van der Waals surface area contributed by atoms with Crippen LogP contribution >= 0.6 is 0 Å². The van der Waals surface area contributed by atoms with Gasteiger partial charge in [0.1, 0.15) is 11.3 Å². The lowest BCUT2D eigenvalue weighted by Crippen LogP contribution is -2.37. The van der Waals surface area contributed by atoms with Gasteiger partial charge in [-0.3, -0.25) is 4.99 Å². The van der Waals surface area contributed by atoms with Crippen LogP contribution in [0.15, 0.2) is 39.7 Å². The Balaban J connectivity index is 1.71. The van der Waals surface area contributed by atoms with Gasteiger partial charge in [0.05, 0.1) is 6.54 Å². The Morgan fingerprint density at radius 1 is 1.23 bits per heavy atom. The molecule has 0 saturated carbocycles. The molecule has 0 atom stereocenters. The Bertz CT molecular complexity index is 559. The molecular weight excluding hydrogens is 278 g/mol. The highest BCUT2D eigenvalue weighted by atomic mass is 16.5. The molecule has 0 amide bonds. The summed E-state index contributed by atoms with van der Waals surface area (Å²) in [4.78, 5) is 4.21. The van der Waals surface area contributed by atoms with Crippen molar-refractivity contribution in [3.05, 3.63) is 36.1 Å². The molecule has 0 fully saturated rings. The van der Waals surface area contributed by atoms with Gasteiger partial charge in [-0.25, -0.2) is 0 Å². The number of nitrogens with one attached hydrogen (secondary N) is 2. The van der Waals surface area contributed by atoms with E-state index in [0.29, 0.717) is 6.54 Å². The summed E-state index contributed by atoms with van der Waals surface area (Å²) in [5.41, 5.74) is 0.915. The molecule has 1 aromatic heterocycles. The van der Waals surface area contributed by atoms with Gasteiger partial charge < -0.3 is 19.8 Å². The first-order valence-electron chi connectivity index (χ1n) is 7.83. The first-order valence-corrected chi connectivity index (χ1v) is 7.83. The molecule has 1 heterocycles. The number of rotatable bonds is 8. The van der Waals surface area contributed by atoms with Gasteiger partial charge in [-0.15, -0.1) is 0 Å². The molecule has 2 rings (SSSR count). The number of benzene rings is 1. The van der Waals surface area contributed by atoms with Crippen molar-refractivity contribution in [2.45, 2.75) is 26.3 Å². The lowest BCUT2D eigenvalue weighted by atomic mass is 10.2. The van der Waals surface area contributed by atoms with E-state index in [1.165, 1.54) is 0 Å². The van der Waals surface area contributed by atoms with E-state index < -0.39 is 0 Å². The monoisotopic (exact) mass is 303 g/mol. The van der Waals surface area contributed by atoms with Crippen molar-refractivity contribution >= 4 is 16.9 Å². The second-order valence-corrected chi connectivity index (χ2v) is 5.01. The van der Waals surface area contributed by atoms with Crippen LogP contribution in [-0.4, -0.2) is 32.8 Å². The fraction of sp³-hybridized carbons (Fsp3) is 0.471. The number of unbranched alkanes of at least 4 members (excludes halogenated alkanes) is 1. The van der Waals surface area contributed by atoms with E-state index in [4.69, 9.17) is 9.15 Å². The standard InChI is InChI=1S/C17H25N3O2/c1-3-21-11-7-6-10-19-17(18-2)20-13-15-12-14-8-4-5-9-16(14)22-15/h4-5,8-9,12H,3,6-7,10-11,13H2,1-2H3,(H2,18,19,20). The second kappa shape index (κ2) is 9.10. The van der Waals surface area contributed by atoms with Crippen LogP contribution in [0.1, 0.15) is 25.5 Å². The van der Waals surface area contributed by atoms with Gasteiger partial charge in [0.2, 0.25) is 0 Å². The number of ether oxygens (including phenoxy) is 1. The third-order valence-electron chi connectivity index (χ3n) is 3.34. The van der Waals surface area contributed by atoms with Gasteiger partial charge in [0.25, 0.3) is 0 Å². The molecule has 0 aliphatic heterocycles. The Labute approximate surface area is 131 Å². The van der Waals surface area contributed by atoms with Crippen molar-refractivity contribution in [1.29, 1.82) is 0 Å². The molecule has 0 spiro atoms. The van der Waals surface area contributed by atoms with E-state index in [2.05, 4.69) is 21.7 Å². The largest absolute Gasteiger partial charge is 0.459 e. The van der Waals surface area contributed by atoms with E-state index in [1.807, 2.05) is 31.2 Å². The topological polar surface area (TPSA) is 58.8 Å². The number of guanidine groups is 1. The molecule has 0 aliphatic rings. The van der Waals surface area contributed by atoms with Crippen LogP contribution in [-0.2, 0) is 11.3 Å². The minimum Gasteiger partial charge on any atom is -0.459 e. The lowest BCUT2D eigenvalue weighted by molar-refractivity contribution is 0.143. The number of para-hydroxylation sites is 1. The highest BCUT2D eigenvalue weighted by Crippen LogP contribution is 2.18. The van der Waals surface area contributed by atoms with E-state index in [0.717, 1.165) is 55.3 Å². The molecule has 120 valence electrons. The number of hydrogen-bond acceptors (Lipinski definition) is 3. The summed E-state index contributed by atoms with van der Waals surface area (Å²) in [6.45, 7) is 5.12. The summed E-state index contributed by atoms with van der Waals surface area (Å²) in [5.74, 6) is 1.69. The molecule has 2 aromatic rings. The fourth-order valence-electron chi connectivity index (χ4n) is 2.20. The Morgan fingerprint density at radius 2 is 2.09 bits per heavy atom. The molecule has 5 heteroatoms. The van der Waals surface area contributed by atoms with Crippen LogP contribution in [0.25, 0.3) is 11.0 Å². The van der Waals surface area contributed by atoms with Gasteiger partial charge in [0.15, 0.2) is 5.96 Å². The number of nitrogens with zero attached hydrogens (tertiary/aromatic N) is 1. The van der Waals surface area contributed by atoms with Gasteiger partial charge >= 0.3 is 0 Å². The molecule has 1 aromatic carbocycles. The fourth-order valence-corrected chi connectivity index (χ4v) is 2.20. The first kappa shape index (κ1) is 16.4. The van der Waals surface area contributed by atoms with Crippen molar-refractivity contribution in [2.75, 3.05) is 26.8 Å². The zero-order valence-electron chi connectivity index (χ0n) is 13.4.